The Morgan fingerprint density at radius 2 is 1.67 bits per heavy atom. The first-order chi connectivity index (χ1) is 3.81. The van der Waals surface area contributed by atoms with Gasteiger partial charge in [-0.1, -0.05) is 22.6 Å². The number of rotatable bonds is 2. The molecule has 0 saturated heterocycles. The average molecular weight is 350 g/mol. The molecule has 5 heteroatoms. The van der Waals surface area contributed by atoms with E-state index in [2.05, 4.69) is 52.1 Å². The van der Waals surface area contributed by atoms with E-state index in [-0.39, 0.29) is 8.82 Å². The van der Waals surface area contributed by atoms with Crippen LogP contribution in [0.4, 0.5) is 0 Å². The molecular formula is C4H10B2I2O. The van der Waals surface area contributed by atoms with Crippen molar-refractivity contribution < 1.29 is 3.07 Å². The van der Waals surface area contributed by atoms with E-state index in [9.17, 15) is 0 Å². The maximum absolute atomic E-state index is 5.26. The number of hydrogen-bond acceptors (Lipinski definition) is 1. The molecule has 0 aliphatic heterocycles. The van der Waals surface area contributed by atoms with Crippen molar-refractivity contribution in [1.82, 2.24) is 0 Å². The normalized spacial score (nSPS) is 13.8. The van der Waals surface area contributed by atoms with Crippen molar-refractivity contribution in [3.8, 4) is 0 Å². The van der Waals surface area contributed by atoms with Crippen molar-refractivity contribution in [1.29, 1.82) is 0 Å². The second kappa shape index (κ2) is 3.30. The Hall–Kier alpha value is 1.55. The van der Waals surface area contributed by atoms with E-state index >= 15 is 0 Å². The molecule has 9 heavy (non-hydrogen) atoms. The molecule has 0 spiro atoms. The molecule has 0 aliphatic rings. The summed E-state index contributed by atoms with van der Waals surface area (Å²) < 4.78 is 5.45. The summed E-state index contributed by atoms with van der Waals surface area (Å²) in [6.07, 6.45) is 0. The molecule has 0 aromatic carbocycles. The summed E-state index contributed by atoms with van der Waals surface area (Å²) in [6.45, 7) is 4.32. The van der Waals surface area contributed by atoms with Gasteiger partial charge in [-0.05, 0) is 13.8 Å². The van der Waals surface area contributed by atoms with E-state index < -0.39 is 0 Å². The van der Waals surface area contributed by atoms with Crippen LogP contribution in [0.1, 0.15) is 13.8 Å². The Morgan fingerprint density at radius 3 is 1.67 bits per heavy atom. The predicted molar refractivity (Wildman–Crippen MR) is 63.0 cm³/mol. The molecule has 0 bridgehead atoms. The third kappa shape index (κ3) is 2.96. The lowest BCUT2D eigenvalue weighted by atomic mass is 9.59. The first kappa shape index (κ1) is 10.5. The molecule has 0 heterocycles. The molecule has 1 nitrogen and oxygen atoms in total. The van der Waals surface area contributed by atoms with Crippen LogP contribution in [0.5, 0.6) is 0 Å². The molecule has 0 saturated carbocycles. The topological polar surface area (TPSA) is 9.23 Å². The molecule has 0 aromatic rings. The van der Waals surface area contributed by atoms with Gasteiger partial charge in [0.2, 0.25) is 0 Å². The molecule has 0 aliphatic carbocycles. The maximum atomic E-state index is 5.26. The number of alkyl halides is 1. The molecule has 0 fully saturated rings. The summed E-state index contributed by atoms with van der Waals surface area (Å²) in [4.78, 5) is 0. The third-order valence-electron chi connectivity index (χ3n) is 1.62. The first-order valence-corrected chi connectivity index (χ1v) is 4.76. The average Bonchev–Trinajstić information content (AvgIpc) is 1.64. The Labute approximate surface area is 86.3 Å². The van der Waals surface area contributed by atoms with E-state index in [4.69, 9.17) is 3.07 Å². The summed E-state index contributed by atoms with van der Waals surface area (Å²) in [5.74, 6) is 0. The van der Waals surface area contributed by atoms with Gasteiger partial charge < -0.3 is 3.07 Å². The summed E-state index contributed by atoms with van der Waals surface area (Å²) in [5, 5.41) is -0.0475. The largest absolute Gasteiger partial charge is 0.326 e. The van der Waals surface area contributed by atoms with Gasteiger partial charge in [-0.2, -0.15) is 0 Å². The summed E-state index contributed by atoms with van der Waals surface area (Å²) in [5.41, 5.74) is 0. The van der Waals surface area contributed by atoms with Gasteiger partial charge in [0, 0.05) is 8.82 Å². The minimum atomic E-state index is -0.0475. The zero-order valence-electron chi connectivity index (χ0n) is 6.16. The summed E-state index contributed by atoms with van der Waals surface area (Å²) in [7, 11) is 4.18. The monoisotopic (exact) mass is 350 g/mol. The Morgan fingerprint density at radius 1 is 1.33 bits per heavy atom. The van der Waals surface area contributed by atoms with Crippen LogP contribution in [0.3, 0.4) is 0 Å². The van der Waals surface area contributed by atoms with E-state index in [0.717, 1.165) is 0 Å². The Kier molecular flexibility index (Phi) is 3.87. The van der Waals surface area contributed by atoms with Gasteiger partial charge in [-0.25, -0.2) is 0 Å². The van der Waals surface area contributed by atoms with E-state index in [1.165, 1.54) is 0 Å². The van der Waals surface area contributed by atoms with Crippen molar-refractivity contribution in [2.45, 2.75) is 22.7 Å². The van der Waals surface area contributed by atoms with E-state index in [1.54, 1.807) is 0 Å². The van der Waals surface area contributed by atoms with Crippen LogP contribution in [0, 0.1) is 0 Å². The van der Waals surface area contributed by atoms with Gasteiger partial charge in [0.25, 0.3) is 0 Å². The van der Waals surface area contributed by atoms with Gasteiger partial charge in [-0.15, -0.1) is 0 Å². The van der Waals surface area contributed by atoms with Crippen molar-refractivity contribution in [3.63, 3.8) is 0 Å². The van der Waals surface area contributed by atoms with Crippen molar-refractivity contribution in [2.75, 3.05) is 0 Å². The van der Waals surface area contributed by atoms with Crippen LogP contribution in [0.15, 0.2) is 0 Å². The highest BCUT2D eigenvalue weighted by molar-refractivity contribution is 14.1. The molecule has 0 radical (unpaired) electrons. The van der Waals surface area contributed by atoms with Gasteiger partial charge in [0.15, 0.2) is 0 Å². The zero-order chi connectivity index (χ0) is 7.71. The van der Waals surface area contributed by atoms with Gasteiger partial charge in [-0.3, -0.25) is 0 Å². The summed E-state index contributed by atoms with van der Waals surface area (Å²) >= 11 is 4.34. The Bertz CT molecular complexity index is 99.2. The lowest BCUT2D eigenvalue weighted by molar-refractivity contribution is 0.293. The fraction of sp³-hybridized carbons (Fsp3) is 1.00. The second-order valence-electron chi connectivity index (χ2n) is 3.06. The maximum Gasteiger partial charge on any atom is 0.135 e. The van der Waals surface area contributed by atoms with Crippen molar-refractivity contribution in [3.05, 3.63) is 0 Å². The highest BCUT2D eigenvalue weighted by Gasteiger charge is 2.34. The van der Waals surface area contributed by atoms with E-state index in [1.807, 2.05) is 23.0 Å². The molecule has 0 N–H and O–H groups in total. The third-order valence-corrected chi connectivity index (χ3v) is 4.02. The zero-order valence-corrected chi connectivity index (χ0v) is 10.5. The van der Waals surface area contributed by atoms with Crippen LogP contribution >= 0.6 is 45.6 Å². The quantitative estimate of drug-likeness (QED) is 0.400. The number of halogens is 2. The SMILES string of the molecule is BC(B)(OI)C(C)(C)I. The molecule has 0 aromatic heterocycles. The standard InChI is InChI=1S/C4H10B2I2O/c1-3(2,7)4(5,6)9-8/h5-6H2,1-2H3. The van der Waals surface area contributed by atoms with Gasteiger partial charge in [0.05, 0.1) is 0 Å². The minimum absolute atomic E-state index is 0.0475. The first-order valence-electron chi connectivity index (χ1n) is 2.80. The second-order valence-corrected chi connectivity index (χ2v) is 6.20. The lowest BCUT2D eigenvalue weighted by Gasteiger charge is -2.34. The fourth-order valence-corrected chi connectivity index (χ4v) is 1.17. The minimum Gasteiger partial charge on any atom is -0.326 e. The fourth-order valence-electron chi connectivity index (χ4n) is 0.0917. The number of hydrogen-bond donors (Lipinski definition) is 0. The molecule has 52 valence electrons. The predicted octanol–water partition coefficient (Wildman–Crippen LogP) is 0.487. The van der Waals surface area contributed by atoms with Gasteiger partial charge >= 0.3 is 0 Å². The smallest absolute Gasteiger partial charge is 0.135 e. The highest BCUT2D eigenvalue weighted by Crippen LogP contribution is 2.30. The molecule has 0 unspecified atom stereocenters. The summed E-state index contributed by atoms with van der Waals surface area (Å²) in [6, 6.07) is 0. The Balaban J connectivity index is 4.14. The van der Waals surface area contributed by atoms with Crippen molar-refractivity contribution in [2.24, 2.45) is 0 Å². The van der Waals surface area contributed by atoms with Crippen LogP contribution in [-0.2, 0) is 3.07 Å². The highest BCUT2D eigenvalue weighted by atomic mass is 127. The van der Waals surface area contributed by atoms with Crippen LogP contribution < -0.4 is 0 Å². The van der Waals surface area contributed by atoms with E-state index in [0.29, 0.717) is 0 Å². The lowest BCUT2D eigenvalue weighted by Crippen LogP contribution is -2.47. The van der Waals surface area contributed by atoms with Crippen molar-refractivity contribution >= 4 is 61.3 Å². The molecule has 0 rings (SSSR count). The van der Waals surface area contributed by atoms with Crippen LogP contribution in [0.2, 0.25) is 0 Å². The van der Waals surface area contributed by atoms with Crippen LogP contribution in [0.25, 0.3) is 0 Å². The molecular weight excluding hydrogens is 339 g/mol. The molecule has 0 atom stereocenters. The van der Waals surface area contributed by atoms with Crippen LogP contribution in [-0.4, -0.2) is 24.5 Å². The molecule has 0 amide bonds. The van der Waals surface area contributed by atoms with Gasteiger partial charge in [0.1, 0.15) is 38.7 Å².